The van der Waals surface area contributed by atoms with Crippen molar-refractivity contribution >= 4 is 6.03 Å². The van der Waals surface area contributed by atoms with Gasteiger partial charge in [-0.3, -0.25) is 0 Å². The number of nitrogens with one attached hydrogen (secondary N) is 2. The first-order chi connectivity index (χ1) is 7.22. The molecule has 0 bridgehead atoms. The predicted octanol–water partition coefficient (Wildman–Crippen LogP) is 0.235. The van der Waals surface area contributed by atoms with Gasteiger partial charge in [-0.05, 0) is 26.2 Å². The van der Waals surface area contributed by atoms with Crippen molar-refractivity contribution in [3.63, 3.8) is 0 Å². The standard InChI is InChI=1S/C10H20N2O3/c1-8(4-5-13)12-10(14)11-7-9-3-2-6-15-9/h8-9,13H,2-7H2,1H3,(H2,11,12,14)/t8-,9?/m1/s1. The molecule has 0 radical (unpaired) electrons. The highest BCUT2D eigenvalue weighted by molar-refractivity contribution is 5.74. The first-order valence-corrected chi connectivity index (χ1v) is 5.49. The topological polar surface area (TPSA) is 70.6 Å². The Hall–Kier alpha value is -0.810. The lowest BCUT2D eigenvalue weighted by Crippen LogP contribution is -2.43. The van der Waals surface area contributed by atoms with E-state index < -0.39 is 0 Å². The lowest BCUT2D eigenvalue weighted by atomic mass is 10.2. The summed E-state index contributed by atoms with van der Waals surface area (Å²) in [5.41, 5.74) is 0. The summed E-state index contributed by atoms with van der Waals surface area (Å²) in [7, 11) is 0. The third-order valence-electron chi connectivity index (χ3n) is 2.45. The Kier molecular flexibility index (Phi) is 5.42. The van der Waals surface area contributed by atoms with E-state index >= 15 is 0 Å². The summed E-state index contributed by atoms with van der Waals surface area (Å²) >= 11 is 0. The minimum atomic E-state index is -0.188. The number of hydrogen-bond donors (Lipinski definition) is 3. The third-order valence-corrected chi connectivity index (χ3v) is 2.45. The Morgan fingerprint density at radius 2 is 2.47 bits per heavy atom. The van der Waals surface area contributed by atoms with Gasteiger partial charge in [-0.15, -0.1) is 0 Å². The number of ether oxygens (including phenoxy) is 1. The highest BCUT2D eigenvalue weighted by Gasteiger charge is 2.16. The van der Waals surface area contributed by atoms with Gasteiger partial charge in [-0.1, -0.05) is 0 Å². The molecule has 88 valence electrons. The van der Waals surface area contributed by atoms with Crippen molar-refractivity contribution in [1.82, 2.24) is 10.6 Å². The molecule has 1 fully saturated rings. The molecular formula is C10H20N2O3. The zero-order valence-corrected chi connectivity index (χ0v) is 9.16. The van der Waals surface area contributed by atoms with Crippen LogP contribution >= 0.6 is 0 Å². The van der Waals surface area contributed by atoms with Crippen LogP contribution in [0.3, 0.4) is 0 Å². The van der Waals surface area contributed by atoms with Crippen LogP contribution in [0.1, 0.15) is 26.2 Å². The van der Waals surface area contributed by atoms with E-state index in [1.165, 1.54) is 0 Å². The molecule has 1 heterocycles. The Bertz CT molecular complexity index is 193. The highest BCUT2D eigenvalue weighted by atomic mass is 16.5. The monoisotopic (exact) mass is 216 g/mol. The minimum absolute atomic E-state index is 0.000466. The molecule has 0 aromatic carbocycles. The predicted molar refractivity (Wildman–Crippen MR) is 56.7 cm³/mol. The molecule has 1 unspecified atom stereocenters. The maximum atomic E-state index is 11.3. The molecule has 15 heavy (non-hydrogen) atoms. The van der Waals surface area contributed by atoms with Crippen LogP contribution in [0.25, 0.3) is 0 Å². The molecule has 5 nitrogen and oxygen atoms in total. The SMILES string of the molecule is C[C@H](CCO)NC(=O)NCC1CCCO1. The van der Waals surface area contributed by atoms with Crippen LogP contribution < -0.4 is 10.6 Å². The maximum Gasteiger partial charge on any atom is 0.315 e. The zero-order valence-electron chi connectivity index (χ0n) is 9.16. The van der Waals surface area contributed by atoms with Gasteiger partial charge in [0.15, 0.2) is 0 Å². The van der Waals surface area contributed by atoms with Crippen molar-refractivity contribution < 1.29 is 14.6 Å². The first-order valence-electron chi connectivity index (χ1n) is 5.49. The molecule has 0 aromatic rings. The molecule has 2 atom stereocenters. The number of hydrogen-bond acceptors (Lipinski definition) is 3. The van der Waals surface area contributed by atoms with Gasteiger partial charge in [0.2, 0.25) is 0 Å². The molecule has 0 spiro atoms. The second-order valence-electron chi connectivity index (χ2n) is 3.90. The Balaban J connectivity index is 2.07. The fourth-order valence-corrected chi connectivity index (χ4v) is 1.55. The van der Waals surface area contributed by atoms with E-state index in [9.17, 15) is 4.79 Å². The van der Waals surface area contributed by atoms with Crippen molar-refractivity contribution in [3.05, 3.63) is 0 Å². The maximum absolute atomic E-state index is 11.3. The number of rotatable bonds is 5. The van der Waals surface area contributed by atoms with Gasteiger partial charge in [0, 0.05) is 25.8 Å². The van der Waals surface area contributed by atoms with Gasteiger partial charge in [-0.25, -0.2) is 4.79 Å². The van der Waals surface area contributed by atoms with E-state index in [0.29, 0.717) is 13.0 Å². The molecule has 2 amide bonds. The second kappa shape index (κ2) is 6.63. The van der Waals surface area contributed by atoms with Crippen molar-refractivity contribution in [2.45, 2.75) is 38.3 Å². The number of aliphatic hydroxyl groups excluding tert-OH is 1. The number of carbonyl (C=O) groups excluding carboxylic acids is 1. The van der Waals surface area contributed by atoms with Crippen LogP contribution in [0.15, 0.2) is 0 Å². The molecule has 0 aliphatic carbocycles. The summed E-state index contributed by atoms with van der Waals surface area (Å²) in [6, 6.07) is -0.189. The fourth-order valence-electron chi connectivity index (χ4n) is 1.55. The van der Waals surface area contributed by atoms with Crippen LogP contribution in [0, 0.1) is 0 Å². The Morgan fingerprint density at radius 3 is 3.07 bits per heavy atom. The summed E-state index contributed by atoms with van der Waals surface area (Å²) in [4.78, 5) is 11.3. The third kappa shape index (κ3) is 4.99. The van der Waals surface area contributed by atoms with E-state index in [1.54, 1.807) is 0 Å². The highest BCUT2D eigenvalue weighted by Crippen LogP contribution is 2.10. The average Bonchev–Trinajstić information content (AvgIpc) is 2.67. The molecule has 1 aliphatic rings. The summed E-state index contributed by atoms with van der Waals surface area (Å²) in [6.45, 7) is 3.32. The van der Waals surface area contributed by atoms with Crippen LogP contribution in [-0.4, -0.2) is 43.0 Å². The van der Waals surface area contributed by atoms with Crippen molar-refractivity contribution in [1.29, 1.82) is 0 Å². The van der Waals surface area contributed by atoms with E-state index in [-0.39, 0.29) is 24.8 Å². The molecule has 1 saturated heterocycles. The lowest BCUT2D eigenvalue weighted by molar-refractivity contribution is 0.111. The van der Waals surface area contributed by atoms with Crippen LogP contribution in [0.2, 0.25) is 0 Å². The van der Waals surface area contributed by atoms with Crippen molar-refractivity contribution in [2.24, 2.45) is 0 Å². The molecule has 3 N–H and O–H groups in total. The van der Waals surface area contributed by atoms with Crippen molar-refractivity contribution in [3.8, 4) is 0 Å². The van der Waals surface area contributed by atoms with Crippen LogP contribution in [-0.2, 0) is 4.74 Å². The molecule has 0 saturated carbocycles. The summed E-state index contributed by atoms with van der Waals surface area (Å²) in [6.07, 6.45) is 2.85. The van der Waals surface area contributed by atoms with Gasteiger partial charge in [-0.2, -0.15) is 0 Å². The fraction of sp³-hybridized carbons (Fsp3) is 0.900. The minimum Gasteiger partial charge on any atom is -0.396 e. The number of urea groups is 1. The van der Waals surface area contributed by atoms with Crippen LogP contribution in [0.5, 0.6) is 0 Å². The van der Waals surface area contributed by atoms with E-state index in [4.69, 9.17) is 9.84 Å². The van der Waals surface area contributed by atoms with E-state index in [0.717, 1.165) is 19.4 Å². The Labute approximate surface area is 90.2 Å². The molecule has 1 rings (SSSR count). The molecule has 1 aliphatic heterocycles. The normalized spacial score (nSPS) is 22.4. The van der Waals surface area contributed by atoms with Crippen LogP contribution in [0.4, 0.5) is 4.79 Å². The molecule has 0 aromatic heterocycles. The van der Waals surface area contributed by atoms with E-state index in [1.807, 2.05) is 6.92 Å². The quantitative estimate of drug-likeness (QED) is 0.616. The van der Waals surface area contributed by atoms with Crippen molar-refractivity contribution in [2.75, 3.05) is 19.8 Å². The van der Waals surface area contributed by atoms with Gasteiger partial charge in [0.05, 0.1) is 6.10 Å². The number of amides is 2. The van der Waals surface area contributed by atoms with Gasteiger partial charge in [0.25, 0.3) is 0 Å². The van der Waals surface area contributed by atoms with Gasteiger partial charge >= 0.3 is 6.03 Å². The second-order valence-corrected chi connectivity index (χ2v) is 3.90. The summed E-state index contributed by atoms with van der Waals surface area (Å²) in [5, 5.41) is 14.2. The summed E-state index contributed by atoms with van der Waals surface area (Å²) in [5.74, 6) is 0. The Morgan fingerprint density at radius 1 is 1.67 bits per heavy atom. The van der Waals surface area contributed by atoms with Gasteiger partial charge in [0.1, 0.15) is 0 Å². The number of aliphatic hydroxyl groups is 1. The smallest absolute Gasteiger partial charge is 0.315 e. The lowest BCUT2D eigenvalue weighted by Gasteiger charge is -2.15. The zero-order chi connectivity index (χ0) is 11.1. The largest absolute Gasteiger partial charge is 0.396 e. The number of carbonyl (C=O) groups is 1. The average molecular weight is 216 g/mol. The van der Waals surface area contributed by atoms with E-state index in [2.05, 4.69) is 10.6 Å². The molecular weight excluding hydrogens is 196 g/mol. The first kappa shape index (κ1) is 12.3. The summed E-state index contributed by atoms with van der Waals surface area (Å²) < 4.78 is 5.37. The van der Waals surface area contributed by atoms with Gasteiger partial charge < -0.3 is 20.5 Å². The molecule has 5 heteroatoms.